The lowest BCUT2D eigenvalue weighted by molar-refractivity contribution is -0.140. The number of halogens is 3. The van der Waals surface area contributed by atoms with E-state index in [1.807, 2.05) is 0 Å². The Bertz CT molecular complexity index is 923. The van der Waals surface area contributed by atoms with Crippen LogP contribution in [0.3, 0.4) is 0 Å². The topological polar surface area (TPSA) is 131 Å². The molecule has 0 aromatic heterocycles. The number of carboxylic acid groups (broad SMARTS) is 1. The molecule has 0 heterocycles. The van der Waals surface area contributed by atoms with E-state index in [4.69, 9.17) is 16.6 Å². The van der Waals surface area contributed by atoms with Crippen LogP contribution in [0.25, 0.3) is 0 Å². The summed E-state index contributed by atoms with van der Waals surface area (Å²) in [5, 5.41) is 11.1. The fourth-order valence-corrected chi connectivity index (χ4v) is 2.45. The van der Waals surface area contributed by atoms with E-state index in [1.54, 1.807) is 6.07 Å². The molecule has 2 aromatic carbocycles. The summed E-state index contributed by atoms with van der Waals surface area (Å²) in [7, 11) is 0. The molecule has 0 radical (unpaired) electrons. The van der Waals surface area contributed by atoms with Gasteiger partial charge in [-0.05, 0) is 42.3 Å². The van der Waals surface area contributed by atoms with Crippen LogP contribution in [0.15, 0.2) is 47.5 Å². The van der Waals surface area contributed by atoms with Crippen molar-refractivity contribution in [3.05, 3.63) is 59.2 Å². The van der Waals surface area contributed by atoms with Crippen LogP contribution in [-0.4, -0.2) is 22.9 Å². The van der Waals surface area contributed by atoms with Gasteiger partial charge in [-0.3, -0.25) is 9.59 Å². The van der Waals surface area contributed by atoms with Gasteiger partial charge in [0.25, 0.3) is 5.91 Å². The number of alkyl halides is 3. The molecule has 0 spiro atoms. The average molecular weight is 394 g/mol. The highest BCUT2D eigenvalue weighted by Gasteiger charge is 2.33. The first-order valence-electron chi connectivity index (χ1n) is 7.99. The van der Waals surface area contributed by atoms with Gasteiger partial charge in [0.15, 0.2) is 5.96 Å². The number of rotatable bonds is 6. The monoisotopic (exact) mass is 394 g/mol. The molecule has 1 amide bonds. The highest BCUT2D eigenvalue weighted by molar-refractivity contribution is 6.04. The molecule has 2 aromatic rings. The maximum atomic E-state index is 13.3. The van der Waals surface area contributed by atoms with Gasteiger partial charge in [-0.25, -0.2) is 4.99 Å². The largest absolute Gasteiger partial charge is 0.481 e. The second kappa shape index (κ2) is 8.42. The van der Waals surface area contributed by atoms with E-state index in [0.29, 0.717) is 5.69 Å². The molecule has 0 aliphatic heterocycles. The van der Waals surface area contributed by atoms with Gasteiger partial charge in [-0.2, -0.15) is 13.2 Å². The number of hydrogen-bond donors (Lipinski definition) is 4. The van der Waals surface area contributed by atoms with Crippen molar-refractivity contribution in [3.8, 4) is 0 Å². The normalized spacial score (nSPS) is 11.0. The fourth-order valence-electron chi connectivity index (χ4n) is 2.45. The van der Waals surface area contributed by atoms with E-state index >= 15 is 0 Å². The van der Waals surface area contributed by atoms with E-state index in [0.717, 1.165) is 12.1 Å². The summed E-state index contributed by atoms with van der Waals surface area (Å²) in [5.74, 6) is -2.06. The third-order valence-corrected chi connectivity index (χ3v) is 3.65. The number of amides is 1. The molecule has 0 aliphatic carbocycles. The van der Waals surface area contributed by atoms with Gasteiger partial charge in [0, 0.05) is 17.7 Å². The highest BCUT2D eigenvalue weighted by Crippen LogP contribution is 2.34. The Morgan fingerprint density at radius 1 is 1.11 bits per heavy atom. The number of aryl methyl sites for hydroxylation is 1. The van der Waals surface area contributed by atoms with Gasteiger partial charge < -0.3 is 21.9 Å². The predicted octanol–water partition coefficient (Wildman–Crippen LogP) is 2.88. The van der Waals surface area contributed by atoms with Crippen molar-refractivity contribution in [2.75, 3.05) is 5.32 Å². The van der Waals surface area contributed by atoms with Gasteiger partial charge >= 0.3 is 12.1 Å². The van der Waals surface area contributed by atoms with E-state index in [9.17, 15) is 22.8 Å². The minimum atomic E-state index is -4.69. The van der Waals surface area contributed by atoms with Crippen LogP contribution in [0.2, 0.25) is 0 Å². The van der Waals surface area contributed by atoms with Crippen LogP contribution in [0.4, 0.5) is 24.5 Å². The lowest BCUT2D eigenvalue weighted by Gasteiger charge is -2.15. The molecule has 0 fully saturated rings. The SMILES string of the molecule is NC(N)=Nc1cccc(C(=O)Nc2ccc(CCC(=O)O)c(C(F)(F)F)c2)c1. The molecule has 6 N–H and O–H groups in total. The number of nitrogens with zero attached hydrogens (tertiary/aromatic N) is 1. The lowest BCUT2D eigenvalue weighted by Crippen LogP contribution is -2.22. The number of anilines is 1. The third kappa shape index (κ3) is 5.73. The molecule has 0 atom stereocenters. The van der Waals surface area contributed by atoms with Gasteiger partial charge in [0.1, 0.15) is 0 Å². The van der Waals surface area contributed by atoms with Gasteiger partial charge in [-0.1, -0.05) is 12.1 Å². The van der Waals surface area contributed by atoms with E-state index < -0.39 is 30.0 Å². The van der Waals surface area contributed by atoms with Crippen LogP contribution < -0.4 is 16.8 Å². The Balaban J connectivity index is 2.27. The molecule has 148 valence electrons. The number of carboxylic acids is 1. The molecule has 0 unspecified atom stereocenters. The Morgan fingerprint density at radius 2 is 1.82 bits per heavy atom. The Hall–Kier alpha value is -3.56. The molecular formula is C18H17F3N4O3. The van der Waals surface area contributed by atoms with Crippen LogP contribution >= 0.6 is 0 Å². The van der Waals surface area contributed by atoms with Crippen LogP contribution in [0.5, 0.6) is 0 Å². The molecule has 2 rings (SSSR count). The Morgan fingerprint density at radius 3 is 2.43 bits per heavy atom. The van der Waals surface area contributed by atoms with Crippen molar-refractivity contribution in [2.45, 2.75) is 19.0 Å². The summed E-state index contributed by atoms with van der Waals surface area (Å²) in [6.07, 6.45) is -5.41. The van der Waals surface area contributed by atoms with Crippen molar-refractivity contribution in [3.63, 3.8) is 0 Å². The Kier molecular flexibility index (Phi) is 6.24. The average Bonchev–Trinajstić information content (AvgIpc) is 2.59. The van der Waals surface area contributed by atoms with Crippen LogP contribution in [0, 0.1) is 0 Å². The van der Waals surface area contributed by atoms with Crippen molar-refractivity contribution >= 4 is 29.2 Å². The van der Waals surface area contributed by atoms with E-state index in [2.05, 4.69) is 10.3 Å². The summed E-state index contributed by atoms with van der Waals surface area (Å²) in [5.41, 5.74) is 9.76. The zero-order valence-electron chi connectivity index (χ0n) is 14.5. The van der Waals surface area contributed by atoms with E-state index in [-0.39, 0.29) is 29.2 Å². The molecule has 0 aliphatic rings. The minimum absolute atomic E-state index is 0.0800. The second-order valence-corrected chi connectivity index (χ2v) is 5.80. The van der Waals surface area contributed by atoms with Crippen molar-refractivity contribution in [1.82, 2.24) is 0 Å². The number of carbonyl (C=O) groups is 2. The van der Waals surface area contributed by atoms with E-state index in [1.165, 1.54) is 24.3 Å². The summed E-state index contributed by atoms with van der Waals surface area (Å²) >= 11 is 0. The van der Waals surface area contributed by atoms with Crippen molar-refractivity contribution in [2.24, 2.45) is 16.5 Å². The summed E-state index contributed by atoms with van der Waals surface area (Å²) < 4.78 is 39.9. The first-order chi connectivity index (χ1) is 13.1. The maximum absolute atomic E-state index is 13.3. The number of carbonyl (C=O) groups excluding carboxylic acids is 1. The minimum Gasteiger partial charge on any atom is -0.481 e. The quantitative estimate of drug-likeness (QED) is 0.442. The molecular weight excluding hydrogens is 377 g/mol. The Labute approximate surface area is 157 Å². The molecule has 28 heavy (non-hydrogen) atoms. The number of hydrogen-bond acceptors (Lipinski definition) is 3. The fraction of sp³-hybridized carbons (Fsp3) is 0.167. The highest BCUT2D eigenvalue weighted by atomic mass is 19.4. The van der Waals surface area contributed by atoms with Crippen molar-refractivity contribution in [1.29, 1.82) is 0 Å². The lowest BCUT2D eigenvalue weighted by atomic mass is 10.0. The standard InChI is InChI=1S/C18H17F3N4O3/c19-18(20,21)14-9-13(6-4-10(14)5-7-15(26)27)24-16(28)11-2-1-3-12(8-11)25-17(22)23/h1-4,6,8-9H,5,7H2,(H,24,28)(H,26,27)(H4,22,23,25). The first-order valence-corrected chi connectivity index (χ1v) is 7.99. The first kappa shape index (κ1) is 20.7. The number of benzene rings is 2. The van der Waals surface area contributed by atoms with Crippen LogP contribution in [0.1, 0.15) is 27.9 Å². The number of guanidine groups is 1. The predicted molar refractivity (Wildman–Crippen MR) is 97.3 cm³/mol. The number of aliphatic carboxylic acids is 1. The van der Waals surface area contributed by atoms with Crippen molar-refractivity contribution < 1.29 is 27.9 Å². The summed E-state index contributed by atoms with van der Waals surface area (Å²) in [6, 6.07) is 9.10. The smallest absolute Gasteiger partial charge is 0.416 e. The molecule has 0 bridgehead atoms. The zero-order chi connectivity index (χ0) is 20.9. The third-order valence-electron chi connectivity index (χ3n) is 3.65. The van der Waals surface area contributed by atoms with Gasteiger partial charge in [0.05, 0.1) is 11.3 Å². The molecule has 10 heteroatoms. The van der Waals surface area contributed by atoms with Gasteiger partial charge in [0.2, 0.25) is 0 Å². The maximum Gasteiger partial charge on any atom is 0.416 e. The molecule has 7 nitrogen and oxygen atoms in total. The van der Waals surface area contributed by atoms with Gasteiger partial charge in [-0.15, -0.1) is 0 Å². The summed E-state index contributed by atoms with van der Waals surface area (Å²) in [4.78, 5) is 26.8. The number of aliphatic imine (C=N–C) groups is 1. The zero-order valence-corrected chi connectivity index (χ0v) is 14.5. The molecule has 0 saturated carbocycles. The number of nitrogens with two attached hydrogens (primary N) is 2. The van der Waals surface area contributed by atoms with Crippen LogP contribution in [-0.2, 0) is 17.4 Å². The number of nitrogens with one attached hydrogen (secondary N) is 1. The second-order valence-electron chi connectivity index (χ2n) is 5.80. The molecule has 0 saturated heterocycles. The summed E-state index contributed by atoms with van der Waals surface area (Å²) in [6.45, 7) is 0.